The number of aromatic nitrogens is 2. The van der Waals surface area contributed by atoms with E-state index < -0.39 is 0 Å². The number of hydrogen-bond acceptors (Lipinski definition) is 3. The summed E-state index contributed by atoms with van der Waals surface area (Å²) in [5.74, 6) is 0.932. The fraction of sp³-hybridized carbons (Fsp3) is 0.143. The summed E-state index contributed by atoms with van der Waals surface area (Å²) in [5.41, 5.74) is 2.19. The van der Waals surface area contributed by atoms with Crippen LogP contribution >= 0.6 is 0 Å². The average Bonchev–Trinajstić information content (AvgIpc) is 2.37. The maximum absolute atomic E-state index is 4.68. The quantitative estimate of drug-likeness (QED) is 0.644. The maximum Gasteiger partial charge on any atom is 0.129 e. The predicted octanol–water partition coefficient (Wildman–Crippen LogP) is 3.13. The molecule has 2 aromatic heterocycles. The molecule has 0 bridgehead atoms. The van der Waals surface area contributed by atoms with E-state index in [2.05, 4.69) is 40.4 Å². The van der Waals surface area contributed by atoms with Crippen LogP contribution in [0.2, 0.25) is 0 Å². The molecule has 3 heteroatoms. The molecule has 0 unspecified atom stereocenters. The molecule has 84 valence electrons. The van der Waals surface area contributed by atoms with Crippen LogP contribution in [0, 0.1) is 6.92 Å². The Kier molecular flexibility index (Phi) is 2.18. The van der Waals surface area contributed by atoms with Gasteiger partial charge in [-0.15, -0.1) is 0 Å². The van der Waals surface area contributed by atoms with Gasteiger partial charge in [0.05, 0.1) is 5.52 Å². The highest BCUT2D eigenvalue weighted by Gasteiger charge is 2.05. The van der Waals surface area contributed by atoms with Crippen LogP contribution < -0.4 is 5.32 Å². The van der Waals surface area contributed by atoms with Crippen LogP contribution in [0.4, 0.5) is 5.82 Å². The number of rotatable bonds is 1. The van der Waals surface area contributed by atoms with Gasteiger partial charge in [-0.3, -0.25) is 4.98 Å². The fourth-order valence-electron chi connectivity index (χ4n) is 2.17. The molecule has 0 aliphatic carbocycles. The van der Waals surface area contributed by atoms with Crippen LogP contribution in [-0.4, -0.2) is 17.0 Å². The summed E-state index contributed by atoms with van der Waals surface area (Å²) >= 11 is 0. The lowest BCUT2D eigenvalue weighted by Crippen LogP contribution is -1.96. The standard InChI is InChI=1S/C14H13N3/c1-9-7-10-3-4-11-8-16-6-5-12(11)13(10)17-14(9)15-2/h3-8H,1-2H3,(H,15,17). The summed E-state index contributed by atoms with van der Waals surface area (Å²) in [6.45, 7) is 2.06. The minimum absolute atomic E-state index is 0.932. The molecule has 0 atom stereocenters. The maximum atomic E-state index is 4.68. The number of nitrogens with zero attached hydrogens (tertiary/aromatic N) is 2. The van der Waals surface area contributed by atoms with Crippen molar-refractivity contribution in [3.05, 3.63) is 42.2 Å². The molecule has 3 nitrogen and oxygen atoms in total. The zero-order chi connectivity index (χ0) is 11.8. The number of pyridine rings is 2. The highest BCUT2D eigenvalue weighted by Crippen LogP contribution is 2.26. The van der Waals surface area contributed by atoms with Crippen molar-refractivity contribution in [1.29, 1.82) is 0 Å². The van der Waals surface area contributed by atoms with Gasteiger partial charge in [0.1, 0.15) is 5.82 Å². The lowest BCUT2D eigenvalue weighted by Gasteiger charge is -2.08. The molecule has 0 fully saturated rings. The molecule has 1 N–H and O–H groups in total. The van der Waals surface area contributed by atoms with Crippen molar-refractivity contribution in [3.8, 4) is 0 Å². The second kappa shape index (κ2) is 3.70. The van der Waals surface area contributed by atoms with Crippen LogP contribution in [0.15, 0.2) is 36.7 Å². The van der Waals surface area contributed by atoms with Gasteiger partial charge in [0.15, 0.2) is 0 Å². The van der Waals surface area contributed by atoms with Crippen LogP contribution in [0.5, 0.6) is 0 Å². The summed E-state index contributed by atoms with van der Waals surface area (Å²) in [7, 11) is 1.90. The van der Waals surface area contributed by atoms with Crippen molar-refractivity contribution in [2.75, 3.05) is 12.4 Å². The van der Waals surface area contributed by atoms with E-state index in [4.69, 9.17) is 0 Å². The highest BCUT2D eigenvalue weighted by molar-refractivity contribution is 6.05. The molecule has 0 aliphatic heterocycles. The van der Waals surface area contributed by atoms with Gasteiger partial charge in [-0.05, 0) is 24.6 Å². The van der Waals surface area contributed by atoms with Crippen molar-refractivity contribution in [3.63, 3.8) is 0 Å². The van der Waals surface area contributed by atoms with Gasteiger partial charge in [-0.25, -0.2) is 4.98 Å². The van der Waals surface area contributed by atoms with Gasteiger partial charge in [0.25, 0.3) is 0 Å². The van der Waals surface area contributed by atoms with Crippen molar-refractivity contribution >= 4 is 27.5 Å². The third-order valence-electron chi connectivity index (χ3n) is 3.03. The van der Waals surface area contributed by atoms with E-state index in [0.29, 0.717) is 0 Å². The molecule has 0 aliphatic rings. The monoisotopic (exact) mass is 223 g/mol. The zero-order valence-electron chi connectivity index (χ0n) is 9.86. The largest absolute Gasteiger partial charge is 0.373 e. The number of benzene rings is 1. The molecular weight excluding hydrogens is 210 g/mol. The molecule has 0 saturated heterocycles. The van der Waals surface area contributed by atoms with Crippen molar-refractivity contribution in [2.24, 2.45) is 0 Å². The molecule has 0 amide bonds. The first-order valence-electron chi connectivity index (χ1n) is 5.61. The summed E-state index contributed by atoms with van der Waals surface area (Å²) in [6.07, 6.45) is 3.68. The van der Waals surface area contributed by atoms with Gasteiger partial charge in [-0.1, -0.05) is 12.1 Å². The SMILES string of the molecule is CNc1nc2c(ccc3cnccc32)cc1C. The van der Waals surface area contributed by atoms with Gasteiger partial charge in [-0.2, -0.15) is 0 Å². The Morgan fingerprint density at radius 1 is 1.12 bits per heavy atom. The number of fused-ring (bicyclic) bond motifs is 3. The minimum atomic E-state index is 0.932. The zero-order valence-corrected chi connectivity index (χ0v) is 9.86. The normalized spacial score (nSPS) is 10.9. The molecular formula is C14H13N3. The Labute approximate surface area is 99.5 Å². The Balaban J connectivity index is 2.48. The first-order valence-corrected chi connectivity index (χ1v) is 5.61. The third kappa shape index (κ3) is 1.51. The van der Waals surface area contributed by atoms with E-state index in [1.54, 1.807) is 0 Å². The fourth-order valence-corrected chi connectivity index (χ4v) is 2.17. The Bertz CT molecular complexity index is 704. The lowest BCUT2D eigenvalue weighted by molar-refractivity contribution is 1.29. The topological polar surface area (TPSA) is 37.8 Å². The van der Waals surface area contributed by atoms with Crippen molar-refractivity contribution < 1.29 is 0 Å². The van der Waals surface area contributed by atoms with E-state index in [9.17, 15) is 0 Å². The summed E-state index contributed by atoms with van der Waals surface area (Å²) in [6, 6.07) is 8.36. The van der Waals surface area contributed by atoms with Gasteiger partial charge >= 0.3 is 0 Å². The summed E-state index contributed by atoms with van der Waals surface area (Å²) < 4.78 is 0. The van der Waals surface area contributed by atoms with Gasteiger partial charge in [0.2, 0.25) is 0 Å². The number of aryl methyl sites for hydroxylation is 1. The Morgan fingerprint density at radius 2 is 1.94 bits per heavy atom. The van der Waals surface area contributed by atoms with Crippen LogP contribution in [-0.2, 0) is 0 Å². The smallest absolute Gasteiger partial charge is 0.129 e. The number of hydrogen-bond donors (Lipinski definition) is 1. The first kappa shape index (κ1) is 10.0. The molecule has 17 heavy (non-hydrogen) atoms. The van der Waals surface area contributed by atoms with Crippen LogP contribution in [0.25, 0.3) is 21.7 Å². The Morgan fingerprint density at radius 3 is 2.76 bits per heavy atom. The summed E-state index contributed by atoms with van der Waals surface area (Å²) in [5, 5.41) is 6.56. The second-order valence-corrected chi connectivity index (χ2v) is 4.14. The van der Waals surface area contributed by atoms with Crippen LogP contribution in [0.3, 0.4) is 0 Å². The lowest BCUT2D eigenvalue weighted by atomic mass is 10.1. The van der Waals surface area contributed by atoms with Crippen LogP contribution in [0.1, 0.15) is 5.56 Å². The molecule has 2 heterocycles. The third-order valence-corrected chi connectivity index (χ3v) is 3.03. The first-order chi connectivity index (χ1) is 8.29. The van der Waals surface area contributed by atoms with E-state index in [1.165, 1.54) is 5.39 Å². The highest BCUT2D eigenvalue weighted by atomic mass is 15.0. The average molecular weight is 223 g/mol. The molecule has 0 radical (unpaired) electrons. The molecule has 0 spiro atoms. The van der Waals surface area contributed by atoms with E-state index in [-0.39, 0.29) is 0 Å². The molecule has 1 aromatic carbocycles. The van der Waals surface area contributed by atoms with Gasteiger partial charge in [0, 0.05) is 35.6 Å². The van der Waals surface area contributed by atoms with Crippen molar-refractivity contribution in [2.45, 2.75) is 6.92 Å². The second-order valence-electron chi connectivity index (χ2n) is 4.14. The molecule has 3 rings (SSSR count). The van der Waals surface area contributed by atoms with E-state index in [0.717, 1.165) is 27.7 Å². The number of nitrogens with one attached hydrogen (secondary N) is 1. The van der Waals surface area contributed by atoms with Crippen molar-refractivity contribution in [1.82, 2.24) is 9.97 Å². The Hall–Kier alpha value is -2.16. The number of anilines is 1. The van der Waals surface area contributed by atoms with E-state index >= 15 is 0 Å². The minimum Gasteiger partial charge on any atom is -0.373 e. The van der Waals surface area contributed by atoms with E-state index in [1.807, 2.05) is 25.5 Å². The summed E-state index contributed by atoms with van der Waals surface area (Å²) in [4.78, 5) is 8.82. The predicted molar refractivity (Wildman–Crippen MR) is 71.3 cm³/mol. The van der Waals surface area contributed by atoms with Gasteiger partial charge < -0.3 is 5.32 Å². The molecule has 3 aromatic rings. The molecule has 0 saturated carbocycles.